The van der Waals surface area contributed by atoms with Crippen LogP contribution in [0.25, 0.3) is 10.9 Å². The largest absolute Gasteiger partial charge is 0.364 e. The van der Waals surface area contributed by atoms with Crippen molar-refractivity contribution in [2.75, 3.05) is 5.32 Å². The van der Waals surface area contributed by atoms with Crippen molar-refractivity contribution in [3.8, 4) is 0 Å². The van der Waals surface area contributed by atoms with Gasteiger partial charge in [-0.25, -0.2) is 0 Å². The van der Waals surface area contributed by atoms with E-state index in [4.69, 9.17) is 0 Å². The van der Waals surface area contributed by atoms with Gasteiger partial charge >= 0.3 is 0 Å². The summed E-state index contributed by atoms with van der Waals surface area (Å²) in [4.78, 5) is 26.9. The SMILES string of the molecule is Cc1cc(NC(=O)Cc2ccon2)c2cc([N+](=O)[O-])ccc2n1. The van der Waals surface area contributed by atoms with E-state index >= 15 is 0 Å². The van der Waals surface area contributed by atoms with E-state index in [9.17, 15) is 14.9 Å². The van der Waals surface area contributed by atoms with Crippen molar-refractivity contribution in [2.45, 2.75) is 13.3 Å². The van der Waals surface area contributed by atoms with Crippen LogP contribution in [0.4, 0.5) is 11.4 Å². The number of pyridine rings is 1. The number of nitro groups is 1. The Balaban J connectivity index is 1.96. The van der Waals surface area contributed by atoms with Gasteiger partial charge < -0.3 is 9.84 Å². The summed E-state index contributed by atoms with van der Waals surface area (Å²) in [6.45, 7) is 1.79. The fourth-order valence-electron chi connectivity index (χ4n) is 2.25. The maximum atomic E-state index is 12.1. The highest BCUT2D eigenvalue weighted by atomic mass is 16.6. The summed E-state index contributed by atoms with van der Waals surface area (Å²) in [7, 11) is 0. The fraction of sp³-hybridized carbons (Fsp3) is 0.133. The van der Waals surface area contributed by atoms with Crippen molar-refractivity contribution in [3.05, 3.63) is 58.1 Å². The molecule has 0 saturated heterocycles. The molecule has 1 aromatic carbocycles. The Morgan fingerprint density at radius 2 is 2.17 bits per heavy atom. The fourth-order valence-corrected chi connectivity index (χ4v) is 2.25. The van der Waals surface area contributed by atoms with Crippen LogP contribution in [0.15, 0.2) is 41.1 Å². The highest BCUT2D eigenvalue weighted by molar-refractivity contribution is 6.02. The third-order valence-electron chi connectivity index (χ3n) is 3.24. The third-order valence-corrected chi connectivity index (χ3v) is 3.24. The normalized spacial score (nSPS) is 10.7. The van der Waals surface area contributed by atoms with E-state index in [-0.39, 0.29) is 18.0 Å². The highest BCUT2D eigenvalue weighted by Crippen LogP contribution is 2.27. The summed E-state index contributed by atoms with van der Waals surface area (Å²) in [6.07, 6.45) is 1.44. The Hall–Kier alpha value is -3.29. The predicted octanol–water partition coefficient (Wildman–Crippen LogP) is 2.62. The zero-order chi connectivity index (χ0) is 16.4. The van der Waals surface area contributed by atoms with Gasteiger partial charge in [-0.05, 0) is 19.1 Å². The molecule has 2 heterocycles. The maximum absolute atomic E-state index is 12.1. The van der Waals surface area contributed by atoms with Gasteiger partial charge in [0.25, 0.3) is 5.69 Å². The summed E-state index contributed by atoms with van der Waals surface area (Å²) in [6, 6.07) is 7.62. The molecule has 1 N–H and O–H groups in total. The lowest BCUT2D eigenvalue weighted by atomic mass is 10.1. The number of carbonyl (C=O) groups is 1. The van der Waals surface area contributed by atoms with Crippen LogP contribution in [0.2, 0.25) is 0 Å². The lowest BCUT2D eigenvalue weighted by Crippen LogP contribution is -2.15. The molecule has 8 heteroatoms. The molecule has 8 nitrogen and oxygen atoms in total. The van der Waals surface area contributed by atoms with E-state index in [0.29, 0.717) is 28.0 Å². The molecular weight excluding hydrogens is 300 g/mol. The number of carbonyl (C=O) groups excluding carboxylic acids is 1. The average molecular weight is 312 g/mol. The molecule has 3 rings (SSSR count). The Morgan fingerprint density at radius 3 is 2.87 bits per heavy atom. The van der Waals surface area contributed by atoms with Crippen LogP contribution in [-0.4, -0.2) is 21.0 Å². The topological polar surface area (TPSA) is 111 Å². The van der Waals surface area contributed by atoms with Gasteiger partial charge in [0.2, 0.25) is 5.91 Å². The molecule has 2 aromatic heterocycles. The lowest BCUT2D eigenvalue weighted by molar-refractivity contribution is -0.384. The highest BCUT2D eigenvalue weighted by Gasteiger charge is 2.13. The second-order valence-corrected chi connectivity index (χ2v) is 4.99. The summed E-state index contributed by atoms with van der Waals surface area (Å²) in [5, 5.41) is 17.9. The zero-order valence-electron chi connectivity index (χ0n) is 12.1. The van der Waals surface area contributed by atoms with Gasteiger partial charge in [0.05, 0.1) is 28.2 Å². The first kappa shape index (κ1) is 14.6. The summed E-state index contributed by atoms with van der Waals surface area (Å²) in [5.74, 6) is -0.294. The maximum Gasteiger partial charge on any atom is 0.270 e. The number of amides is 1. The number of hydrogen-bond acceptors (Lipinski definition) is 6. The van der Waals surface area contributed by atoms with Crippen LogP contribution >= 0.6 is 0 Å². The number of non-ortho nitro benzene ring substituents is 1. The number of anilines is 1. The van der Waals surface area contributed by atoms with E-state index in [1.807, 2.05) is 0 Å². The smallest absolute Gasteiger partial charge is 0.270 e. The second-order valence-electron chi connectivity index (χ2n) is 4.99. The number of aromatic nitrogens is 2. The van der Waals surface area contributed by atoms with Crippen LogP contribution in [0.1, 0.15) is 11.4 Å². The zero-order valence-corrected chi connectivity index (χ0v) is 12.1. The van der Waals surface area contributed by atoms with E-state index in [1.54, 1.807) is 25.1 Å². The van der Waals surface area contributed by atoms with Gasteiger partial charge in [-0.2, -0.15) is 0 Å². The van der Waals surface area contributed by atoms with Gasteiger partial charge in [-0.1, -0.05) is 5.16 Å². The summed E-state index contributed by atoms with van der Waals surface area (Å²) >= 11 is 0. The molecule has 0 atom stereocenters. The first-order valence-corrected chi connectivity index (χ1v) is 6.78. The molecule has 0 unspecified atom stereocenters. The molecule has 1 amide bonds. The monoisotopic (exact) mass is 312 g/mol. The number of rotatable bonds is 4. The van der Waals surface area contributed by atoms with E-state index < -0.39 is 4.92 Å². The molecule has 3 aromatic rings. The number of fused-ring (bicyclic) bond motifs is 1. The molecule has 0 saturated carbocycles. The van der Waals surface area contributed by atoms with Crippen molar-refractivity contribution in [2.24, 2.45) is 0 Å². The van der Waals surface area contributed by atoms with E-state index in [0.717, 1.165) is 0 Å². The standard InChI is InChI=1S/C15H12N4O4/c1-9-6-14(17-15(20)7-10-4-5-23-18-10)12-8-11(19(21)22)2-3-13(12)16-9/h2-6,8H,7H2,1H3,(H,16,17,20). The molecule has 0 spiro atoms. The predicted molar refractivity (Wildman–Crippen MR) is 82.0 cm³/mol. The van der Waals surface area contributed by atoms with Crippen LogP contribution in [0.5, 0.6) is 0 Å². The second kappa shape index (κ2) is 5.84. The van der Waals surface area contributed by atoms with Crippen molar-refractivity contribution in [1.29, 1.82) is 0 Å². The molecule has 116 valence electrons. The molecule has 0 aliphatic rings. The molecule has 0 aliphatic carbocycles. The average Bonchev–Trinajstić information content (AvgIpc) is 2.99. The molecule has 0 radical (unpaired) electrons. The van der Waals surface area contributed by atoms with Crippen LogP contribution in [-0.2, 0) is 11.2 Å². The van der Waals surface area contributed by atoms with Crippen LogP contribution in [0.3, 0.4) is 0 Å². The van der Waals surface area contributed by atoms with Gasteiger partial charge in [0, 0.05) is 29.3 Å². The number of benzene rings is 1. The molecule has 23 heavy (non-hydrogen) atoms. The van der Waals surface area contributed by atoms with Gasteiger partial charge in [0.1, 0.15) is 6.26 Å². The van der Waals surface area contributed by atoms with Crippen molar-refractivity contribution in [1.82, 2.24) is 10.1 Å². The van der Waals surface area contributed by atoms with Crippen LogP contribution < -0.4 is 5.32 Å². The number of nitrogens with one attached hydrogen (secondary N) is 1. The first-order chi connectivity index (χ1) is 11.0. The van der Waals surface area contributed by atoms with E-state index in [2.05, 4.69) is 20.0 Å². The van der Waals surface area contributed by atoms with Crippen LogP contribution in [0, 0.1) is 17.0 Å². The number of nitrogens with zero attached hydrogens (tertiary/aromatic N) is 3. The van der Waals surface area contributed by atoms with Crippen molar-refractivity contribution < 1.29 is 14.2 Å². The Kier molecular flexibility index (Phi) is 3.71. The molecule has 0 bridgehead atoms. The molecule has 0 fully saturated rings. The lowest BCUT2D eigenvalue weighted by Gasteiger charge is -2.09. The third kappa shape index (κ3) is 3.15. The minimum atomic E-state index is -0.486. The van der Waals surface area contributed by atoms with Gasteiger partial charge in [0.15, 0.2) is 0 Å². The Labute approximate surface area is 130 Å². The number of aryl methyl sites for hydroxylation is 1. The van der Waals surface area contributed by atoms with Gasteiger partial charge in [-0.15, -0.1) is 0 Å². The minimum absolute atomic E-state index is 0.0499. The number of nitro benzene ring substituents is 1. The van der Waals surface area contributed by atoms with Crippen molar-refractivity contribution in [3.63, 3.8) is 0 Å². The minimum Gasteiger partial charge on any atom is -0.364 e. The van der Waals surface area contributed by atoms with Gasteiger partial charge in [-0.3, -0.25) is 19.9 Å². The quantitative estimate of drug-likeness (QED) is 0.585. The summed E-state index contributed by atoms with van der Waals surface area (Å²) in [5.41, 5.74) is 2.19. The number of hydrogen-bond donors (Lipinski definition) is 1. The Morgan fingerprint density at radius 1 is 1.35 bits per heavy atom. The summed E-state index contributed by atoms with van der Waals surface area (Å²) < 4.78 is 4.68. The van der Waals surface area contributed by atoms with E-state index in [1.165, 1.54) is 18.4 Å². The Bertz CT molecular complexity index is 890. The molecular formula is C15H12N4O4. The molecule has 0 aliphatic heterocycles. The first-order valence-electron chi connectivity index (χ1n) is 6.78. The van der Waals surface area contributed by atoms with Crippen molar-refractivity contribution >= 4 is 28.2 Å².